The summed E-state index contributed by atoms with van der Waals surface area (Å²) < 4.78 is 35.3. The van der Waals surface area contributed by atoms with Gasteiger partial charge in [0.15, 0.2) is 12.4 Å². The molecule has 0 spiro atoms. The number of sulfonamides is 1. The Hall–Kier alpha value is -2.68. The lowest BCUT2D eigenvalue weighted by Gasteiger charge is -2.21. The number of Topliss-reactive ketones (excluding diaryl/α,β-unsaturated/α-hetero) is 1. The first-order chi connectivity index (χ1) is 12.6. The van der Waals surface area contributed by atoms with Crippen LogP contribution in [0.1, 0.15) is 44.7 Å². The third-order valence-electron chi connectivity index (χ3n) is 4.48. The maximum atomic E-state index is 12.4. The van der Waals surface area contributed by atoms with Crippen LogP contribution in [0.2, 0.25) is 0 Å². The Morgan fingerprint density at radius 1 is 1.33 bits per heavy atom. The molecule has 0 N–H and O–H groups in total. The van der Waals surface area contributed by atoms with Crippen LogP contribution < -0.4 is 4.31 Å². The Morgan fingerprint density at radius 3 is 2.63 bits per heavy atom. The summed E-state index contributed by atoms with van der Waals surface area (Å²) in [5.41, 5.74) is 2.33. The highest BCUT2D eigenvalue weighted by Gasteiger charge is 2.32. The van der Waals surface area contributed by atoms with Crippen molar-refractivity contribution >= 4 is 27.5 Å². The molecular weight excluding hydrogens is 372 g/mol. The quantitative estimate of drug-likeness (QED) is 0.566. The molecule has 0 bridgehead atoms. The molecule has 0 saturated carbocycles. The van der Waals surface area contributed by atoms with E-state index in [1.165, 1.54) is 4.31 Å². The van der Waals surface area contributed by atoms with E-state index in [9.17, 15) is 18.0 Å². The summed E-state index contributed by atoms with van der Waals surface area (Å²) in [6.07, 6.45) is 1.67. The van der Waals surface area contributed by atoms with E-state index in [4.69, 9.17) is 9.26 Å². The monoisotopic (exact) mass is 392 g/mol. The summed E-state index contributed by atoms with van der Waals surface area (Å²) in [4.78, 5) is 24.5. The van der Waals surface area contributed by atoms with Gasteiger partial charge in [0, 0.05) is 11.6 Å². The topological polar surface area (TPSA) is 107 Å². The lowest BCUT2D eigenvalue weighted by molar-refractivity contribution is 0.0472. The third kappa shape index (κ3) is 3.59. The summed E-state index contributed by atoms with van der Waals surface area (Å²) in [6, 6.07) is 4.60. The fraction of sp³-hybridized carbons (Fsp3) is 0.389. The van der Waals surface area contributed by atoms with Crippen LogP contribution >= 0.6 is 0 Å². The second-order valence-corrected chi connectivity index (χ2v) is 8.51. The number of aryl methyl sites for hydroxylation is 2. The highest BCUT2D eigenvalue weighted by molar-refractivity contribution is 7.92. The number of rotatable bonds is 5. The molecule has 0 fully saturated rings. The van der Waals surface area contributed by atoms with Gasteiger partial charge in [-0.25, -0.2) is 13.2 Å². The van der Waals surface area contributed by atoms with E-state index < -0.39 is 22.6 Å². The molecule has 3 rings (SSSR count). The van der Waals surface area contributed by atoms with Gasteiger partial charge in [-0.05, 0) is 51.0 Å². The Labute approximate surface area is 157 Å². The SMILES string of the molecule is Cc1noc(C)c1C(=O)OCC(=O)c1ccc2c(c1)C[C@H](C)N2S(C)(=O)=O. The maximum absolute atomic E-state index is 12.4. The van der Waals surface area contributed by atoms with Gasteiger partial charge in [0.1, 0.15) is 11.3 Å². The molecule has 1 aromatic carbocycles. The Bertz CT molecular complexity index is 1000. The zero-order chi connectivity index (χ0) is 19.9. The molecule has 27 heavy (non-hydrogen) atoms. The van der Waals surface area contributed by atoms with Gasteiger partial charge in [-0.3, -0.25) is 9.10 Å². The first-order valence-corrected chi connectivity index (χ1v) is 10.2. The van der Waals surface area contributed by atoms with Crippen molar-refractivity contribution in [2.24, 2.45) is 0 Å². The van der Waals surface area contributed by atoms with Crippen molar-refractivity contribution < 1.29 is 27.3 Å². The van der Waals surface area contributed by atoms with Crippen LogP contribution in [0.3, 0.4) is 0 Å². The van der Waals surface area contributed by atoms with Gasteiger partial charge in [0.2, 0.25) is 10.0 Å². The number of ether oxygens (including phenoxy) is 1. The highest BCUT2D eigenvalue weighted by Crippen LogP contribution is 2.34. The summed E-state index contributed by atoms with van der Waals surface area (Å²) in [6.45, 7) is 4.60. The second kappa shape index (κ2) is 6.80. The lowest BCUT2D eigenvalue weighted by atomic mass is 10.0. The molecule has 2 aromatic rings. The average Bonchev–Trinajstić information content (AvgIpc) is 3.09. The van der Waals surface area contributed by atoms with Gasteiger partial charge in [0.25, 0.3) is 0 Å². The van der Waals surface area contributed by atoms with E-state index >= 15 is 0 Å². The molecule has 8 nitrogen and oxygen atoms in total. The molecule has 0 amide bonds. The van der Waals surface area contributed by atoms with E-state index in [1.54, 1.807) is 32.0 Å². The standard InChI is InChI=1S/C18H20N2O6S/c1-10-7-14-8-13(5-6-15(14)20(10)27(4,23)24)16(21)9-25-18(22)17-11(2)19-26-12(17)3/h5-6,8,10H,7,9H2,1-4H3/t10-/m0/s1. The molecule has 1 aromatic heterocycles. The average molecular weight is 392 g/mol. The smallest absolute Gasteiger partial charge is 0.344 e. The van der Waals surface area contributed by atoms with Gasteiger partial charge < -0.3 is 9.26 Å². The molecule has 1 aliphatic heterocycles. The second-order valence-electron chi connectivity index (χ2n) is 6.65. The zero-order valence-corrected chi connectivity index (χ0v) is 16.3. The molecule has 2 heterocycles. The molecule has 1 aliphatic rings. The van der Waals surface area contributed by atoms with Crippen LogP contribution in [0.4, 0.5) is 5.69 Å². The van der Waals surface area contributed by atoms with Gasteiger partial charge in [0.05, 0.1) is 17.6 Å². The van der Waals surface area contributed by atoms with Crippen molar-refractivity contribution in [2.45, 2.75) is 33.2 Å². The molecule has 0 aliphatic carbocycles. The van der Waals surface area contributed by atoms with E-state index in [-0.39, 0.29) is 17.4 Å². The molecule has 1 atom stereocenters. The molecule has 0 radical (unpaired) electrons. The van der Waals surface area contributed by atoms with Crippen LogP contribution in [0.5, 0.6) is 0 Å². The first-order valence-electron chi connectivity index (χ1n) is 8.35. The van der Waals surface area contributed by atoms with Crippen molar-refractivity contribution in [3.8, 4) is 0 Å². The molecular formula is C18H20N2O6S. The number of carbonyl (C=O) groups is 2. The number of ketones is 1. The van der Waals surface area contributed by atoms with Crippen molar-refractivity contribution in [2.75, 3.05) is 17.2 Å². The van der Waals surface area contributed by atoms with Crippen LogP contribution in [0, 0.1) is 13.8 Å². The van der Waals surface area contributed by atoms with Crippen molar-refractivity contribution in [3.63, 3.8) is 0 Å². The molecule has 0 unspecified atom stereocenters. The Kier molecular flexibility index (Phi) is 4.81. The normalized spacial score (nSPS) is 16.3. The van der Waals surface area contributed by atoms with Crippen molar-refractivity contribution in [1.29, 1.82) is 0 Å². The Balaban J connectivity index is 1.74. The van der Waals surface area contributed by atoms with E-state index in [0.29, 0.717) is 29.1 Å². The van der Waals surface area contributed by atoms with Crippen molar-refractivity contribution in [3.05, 3.63) is 46.3 Å². The van der Waals surface area contributed by atoms with Gasteiger partial charge in [-0.2, -0.15) is 0 Å². The Morgan fingerprint density at radius 2 is 2.04 bits per heavy atom. The van der Waals surface area contributed by atoms with Crippen LogP contribution in [-0.4, -0.2) is 44.2 Å². The zero-order valence-electron chi connectivity index (χ0n) is 15.5. The van der Waals surface area contributed by atoms with Gasteiger partial charge >= 0.3 is 5.97 Å². The van der Waals surface area contributed by atoms with E-state index in [0.717, 1.165) is 11.8 Å². The number of hydrogen-bond acceptors (Lipinski definition) is 7. The predicted octanol–water partition coefficient (Wildman–Crippen LogP) is 2.04. The van der Waals surface area contributed by atoms with Gasteiger partial charge in [-0.15, -0.1) is 0 Å². The fourth-order valence-electron chi connectivity index (χ4n) is 3.34. The van der Waals surface area contributed by atoms with Crippen LogP contribution in [0.15, 0.2) is 22.7 Å². The first kappa shape index (κ1) is 19.1. The molecule has 144 valence electrons. The minimum absolute atomic E-state index is 0.210. The molecule has 9 heteroatoms. The highest BCUT2D eigenvalue weighted by atomic mass is 32.2. The number of aromatic nitrogens is 1. The number of fused-ring (bicyclic) bond motifs is 1. The number of anilines is 1. The van der Waals surface area contributed by atoms with Crippen LogP contribution in [0.25, 0.3) is 0 Å². The third-order valence-corrected chi connectivity index (χ3v) is 5.75. The number of carbonyl (C=O) groups excluding carboxylic acids is 2. The summed E-state index contributed by atoms with van der Waals surface area (Å²) >= 11 is 0. The number of hydrogen-bond donors (Lipinski definition) is 0. The fourth-order valence-corrected chi connectivity index (χ4v) is 4.61. The minimum Gasteiger partial charge on any atom is -0.454 e. The minimum atomic E-state index is -3.39. The van der Waals surface area contributed by atoms with E-state index in [2.05, 4.69) is 5.16 Å². The largest absolute Gasteiger partial charge is 0.454 e. The molecule has 0 saturated heterocycles. The van der Waals surface area contributed by atoms with E-state index in [1.807, 2.05) is 6.92 Å². The number of esters is 1. The summed E-state index contributed by atoms with van der Waals surface area (Å²) in [5.74, 6) is -0.710. The summed E-state index contributed by atoms with van der Waals surface area (Å²) in [5, 5.41) is 3.68. The van der Waals surface area contributed by atoms with Crippen molar-refractivity contribution in [1.82, 2.24) is 5.16 Å². The predicted molar refractivity (Wildman–Crippen MR) is 97.5 cm³/mol. The maximum Gasteiger partial charge on any atom is 0.344 e. The number of nitrogens with zero attached hydrogens (tertiary/aromatic N) is 2. The van der Waals surface area contributed by atoms with Gasteiger partial charge in [-0.1, -0.05) is 5.16 Å². The van der Waals surface area contributed by atoms with Crippen LogP contribution in [-0.2, 0) is 21.2 Å². The lowest BCUT2D eigenvalue weighted by Crippen LogP contribution is -2.34. The summed E-state index contributed by atoms with van der Waals surface area (Å²) in [7, 11) is -3.39. The number of benzene rings is 1.